The van der Waals surface area contributed by atoms with Gasteiger partial charge in [0.15, 0.2) is 5.82 Å². The van der Waals surface area contributed by atoms with Crippen LogP contribution in [0.4, 0.5) is 17.2 Å². The minimum atomic E-state index is -1.26. The summed E-state index contributed by atoms with van der Waals surface area (Å²) in [4.78, 5) is 33.9. The molecule has 38 heavy (non-hydrogen) atoms. The number of piperidine rings is 1. The Hall–Kier alpha value is -4.30. The summed E-state index contributed by atoms with van der Waals surface area (Å²) in [5.74, 6) is -1.56. The second kappa shape index (κ2) is 13.3. The van der Waals surface area contributed by atoms with Crippen molar-refractivity contribution in [3.05, 3.63) is 96.2 Å². The molecule has 1 aromatic heterocycles. The van der Waals surface area contributed by atoms with Gasteiger partial charge in [-0.25, -0.2) is 19.6 Å². The Morgan fingerprint density at radius 3 is 2.21 bits per heavy atom. The van der Waals surface area contributed by atoms with E-state index in [0.29, 0.717) is 12.2 Å². The maximum atomic E-state index is 9.55. The number of aliphatic carboxylic acids is 2. The fraction of sp³-hybridized carbons (Fsp3) is 0.267. The number of aromatic nitrogens is 1. The van der Waals surface area contributed by atoms with Gasteiger partial charge in [-0.2, -0.15) is 0 Å². The van der Waals surface area contributed by atoms with Gasteiger partial charge in [0.05, 0.1) is 11.4 Å². The fourth-order valence-corrected chi connectivity index (χ4v) is 4.71. The fourth-order valence-electron chi connectivity index (χ4n) is 4.71. The summed E-state index contributed by atoms with van der Waals surface area (Å²) in [5.41, 5.74) is 5.44. The number of pyridine rings is 1. The molecular formula is C30H32N4O4. The monoisotopic (exact) mass is 512 g/mol. The van der Waals surface area contributed by atoms with Crippen LogP contribution < -0.4 is 4.90 Å². The molecule has 1 fully saturated rings. The van der Waals surface area contributed by atoms with E-state index in [0.717, 1.165) is 42.3 Å². The first-order chi connectivity index (χ1) is 18.5. The molecule has 3 heterocycles. The zero-order valence-corrected chi connectivity index (χ0v) is 21.2. The van der Waals surface area contributed by atoms with E-state index in [9.17, 15) is 9.59 Å². The largest absolute Gasteiger partial charge is 0.478 e. The number of anilines is 2. The predicted octanol–water partition coefficient (Wildman–Crippen LogP) is 5.29. The average Bonchev–Trinajstić information content (AvgIpc) is 3.08. The molecule has 8 nitrogen and oxygen atoms in total. The third-order valence-corrected chi connectivity index (χ3v) is 6.42. The summed E-state index contributed by atoms with van der Waals surface area (Å²) >= 11 is 0. The van der Waals surface area contributed by atoms with Gasteiger partial charge in [-0.05, 0) is 57.1 Å². The minimum Gasteiger partial charge on any atom is -0.478 e. The van der Waals surface area contributed by atoms with Crippen molar-refractivity contribution in [1.29, 1.82) is 0 Å². The normalized spacial score (nSPS) is 14.9. The molecule has 0 atom stereocenters. The predicted molar refractivity (Wildman–Crippen MR) is 149 cm³/mol. The lowest BCUT2D eigenvalue weighted by atomic mass is 10.00. The Morgan fingerprint density at radius 1 is 0.816 bits per heavy atom. The van der Waals surface area contributed by atoms with Crippen LogP contribution in [0.1, 0.15) is 36.8 Å². The first-order valence-corrected chi connectivity index (χ1v) is 12.9. The summed E-state index contributed by atoms with van der Waals surface area (Å²) in [6.07, 6.45) is 8.17. The van der Waals surface area contributed by atoms with Crippen LogP contribution in [0.5, 0.6) is 0 Å². The van der Waals surface area contributed by atoms with Gasteiger partial charge in [0.2, 0.25) is 0 Å². The first-order valence-electron chi connectivity index (χ1n) is 12.9. The van der Waals surface area contributed by atoms with E-state index >= 15 is 0 Å². The molecule has 0 amide bonds. The molecule has 0 bridgehead atoms. The highest BCUT2D eigenvalue weighted by atomic mass is 16.4. The third-order valence-electron chi connectivity index (χ3n) is 6.42. The number of benzene rings is 2. The molecule has 8 heteroatoms. The number of carboxylic acid groups (broad SMARTS) is 2. The van der Waals surface area contributed by atoms with Crippen LogP contribution in [0.25, 0.3) is 0 Å². The maximum absolute atomic E-state index is 9.55. The van der Waals surface area contributed by atoms with Crippen molar-refractivity contribution < 1.29 is 19.8 Å². The van der Waals surface area contributed by atoms with Gasteiger partial charge in [-0.15, -0.1) is 0 Å². The zero-order valence-electron chi connectivity index (χ0n) is 21.2. The molecule has 2 aliphatic rings. The van der Waals surface area contributed by atoms with E-state index in [4.69, 9.17) is 20.2 Å². The molecule has 0 radical (unpaired) electrons. The molecule has 0 saturated carbocycles. The van der Waals surface area contributed by atoms with Crippen molar-refractivity contribution in [3.8, 4) is 0 Å². The molecule has 1 saturated heterocycles. The van der Waals surface area contributed by atoms with E-state index in [1.165, 1.54) is 43.6 Å². The lowest BCUT2D eigenvalue weighted by Crippen LogP contribution is -2.32. The summed E-state index contributed by atoms with van der Waals surface area (Å²) in [6, 6.07) is 23.1. The van der Waals surface area contributed by atoms with Gasteiger partial charge in [-0.1, -0.05) is 55.0 Å². The van der Waals surface area contributed by atoms with Crippen molar-refractivity contribution in [2.24, 2.45) is 4.99 Å². The number of fused-ring (bicyclic) bond motifs is 2. The number of rotatable bonds is 7. The van der Waals surface area contributed by atoms with Crippen molar-refractivity contribution >= 4 is 34.8 Å². The van der Waals surface area contributed by atoms with Crippen molar-refractivity contribution in [1.82, 2.24) is 9.88 Å². The van der Waals surface area contributed by atoms with Gasteiger partial charge in [-0.3, -0.25) is 0 Å². The number of hydrogen-bond donors (Lipinski definition) is 2. The zero-order chi connectivity index (χ0) is 26.7. The van der Waals surface area contributed by atoms with Crippen LogP contribution >= 0.6 is 0 Å². The van der Waals surface area contributed by atoms with Gasteiger partial charge >= 0.3 is 11.9 Å². The Morgan fingerprint density at radius 2 is 1.50 bits per heavy atom. The maximum Gasteiger partial charge on any atom is 0.328 e. The van der Waals surface area contributed by atoms with E-state index in [1.807, 2.05) is 12.3 Å². The smallest absolute Gasteiger partial charge is 0.328 e. The molecule has 2 N–H and O–H groups in total. The van der Waals surface area contributed by atoms with Crippen molar-refractivity contribution in [3.63, 3.8) is 0 Å². The van der Waals surface area contributed by atoms with Crippen LogP contribution in [0.3, 0.4) is 0 Å². The second-order valence-corrected chi connectivity index (χ2v) is 9.11. The minimum absolute atomic E-state index is 0.558. The Balaban J connectivity index is 0.000000368. The molecule has 0 spiro atoms. The number of hydrogen-bond acceptors (Lipinski definition) is 6. The Labute approximate surface area is 222 Å². The van der Waals surface area contributed by atoms with Gasteiger partial charge in [0.1, 0.15) is 5.69 Å². The highest BCUT2D eigenvalue weighted by molar-refractivity contribution is 6.18. The Kier molecular flexibility index (Phi) is 9.37. The molecule has 0 unspecified atom stereocenters. The molecule has 5 rings (SSSR count). The van der Waals surface area contributed by atoms with Crippen LogP contribution in [-0.2, 0) is 9.59 Å². The first kappa shape index (κ1) is 26.8. The summed E-state index contributed by atoms with van der Waals surface area (Å²) in [6.45, 7) is 4.57. The lowest BCUT2D eigenvalue weighted by Gasteiger charge is -2.29. The van der Waals surface area contributed by atoms with Crippen molar-refractivity contribution in [2.75, 3.05) is 31.1 Å². The molecular weight excluding hydrogens is 480 g/mol. The van der Waals surface area contributed by atoms with Gasteiger partial charge < -0.3 is 20.0 Å². The van der Waals surface area contributed by atoms with E-state index < -0.39 is 11.9 Å². The van der Waals surface area contributed by atoms with E-state index in [2.05, 4.69) is 70.5 Å². The number of aliphatic imine (C=N–C) groups is 1. The molecule has 2 aromatic carbocycles. The van der Waals surface area contributed by atoms with Crippen molar-refractivity contribution in [2.45, 2.75) is 25.7 Å². The molecule has 196 valence electrons. The Bertz CT molecular complexity index is 1280. The average molecular weight is 513 g/mol. The van der Waals surface area contributed by atoms with Gasteiger partial charge in [0, 0.05) is 36.0 Å². The summed E-state index contributed by atoms with van der Waals surface area (Å²) < 4.78 is 0. The van der Waals surface area contributed by atoms with E-state index in [1.54, 1.807) is 0 Å². The van der Waals surface area contributed by atoms with Crippen LogP contribution in [0, 0.1) is 0 Å². The summed E-state index contributed by atoms with van der Waals surface area (Å²) in [7, 11) is 0. The highest BCUT2D eigenvalue weighted by Gasteiger charge is 2.24. The highest BCUT2D eigenvalue weighted by Crippen LogP contribution is 2.39. The topological polar surface area (TPSA) is 106 Å². The number of carboxylic acids is 2. The van der Waals surface area contributed by atoms with Crippen LogP contribution in [-0.4, -0.2) is 63.9 Å². The number of para-hydroxylation sites is 1. The second-order valence-electron chi connectivity index (χ2n) is 9.11. The van der Waals surface area contributed by atoms with Gasteiger partial charge in [0.25, 0.3) is 0 Å². The number of likely N-dealkylation sites (tertiary alicyclic amines) is 1. The van der Waals surface area contributed by atoms with Crippen LogP contribution in [0.2, 0.25) is 0 Å². The quantitative estimate of drug-likeness (QED) is 0.414. The third kappa shape index (κ3) is 7.14. The van der Waals surface area contributed by atoms with Crippen LogP contribution in [0.15, 0.2) is 90.1 Å². The molecule has 2 aliphatic heterocycles. The standard InChI is InChI=1S/C26H28N4.C4H4O4/c1-3-11-21(12-4-1)25-22-13-5-6-15-24(22)30(26-23(28-25)14-9-16-27-26)20-10-19-29-17-7-2-8-18-29;5-3(6)1-2-4(7)8/h1,3-6,9,11-16H,2,7-8,10,17-20H2;1-2H,(H,5,6)(H,7,8)/b;2-1+. The van der Waals surface area contributed by atoms with E-state index in [-0.39, 0.29) is 0 Å². The molecule has 0 aliphatic carbocycles. The number of carbonyl (C=O) groups is 2. The lowest BCUT2D eigenvalue weighted by molar-refractivity contribution is -0.134. The molecule has 3 aromatic rings. The number of nitrogens with zero attached hydrogens (tertiary/aromatic N) is 4. The SMILES string of the molecule is O=C(O)/C=C/C(=O)O.c1ccc(C2=Nc3cccnc3N(CCCN3CCCCC3)c3ccccc32)cc1. The summed E-state index contributed by atoms with van der Waals surface area (Å²) in [5, 5.41) is 15.6.